The second-order valence-corrected chi connectivity index (χ2v) is 7.36. The number of likely N-dealkylation sites (tertiary alicyclic amines) is 1. The highest BCUT2D eigenvalue weighted by atomic mass is 16.3. The normalized spacial score (nSPS) is 21.2. The molecule has 0 bridgehead atoms. The molecule has 1 aromatic rings. The molecule has 2 saturated heterocycles. The maximum absolute atomic E-state index is 12.3. The van der Waals surface area contributed by atoms with E-state index >= 15 is 0 Å². The lowest BCUT2D eigenvalue weighted by molar-refractivity contribution is -0.135. The van der Waals surface area contributed by atoms with Crippen molar-refractivity contribution in [2.24, 2.45) is 0 Å². The van der Waals surface area contributed by atoms with Crippen LogP contribution in [0.1, 0.15) is 50.8 Å². The first-order valence-electron chi connectivity index (χ1n) is 9.20. The fourth-order valence-electron chi connectivity index (χ4n) is 3.56. The first-order chi connectivity index (χ1) is 12.0. The maximum Gasteiger partial charge on any atom is 0.225 e. The number of rotatable bonds is 5. The zero-order valence-electron chi connectivity index (χ0n) is 15.0. The molecular formula is C19H28N4O2. The van der Waals surface area contributed by atoms with Gasteiger partial charge < -0.3 is 14.9 Å². The summed E-state index contributed by atoms with van der Waals surface area (Å²) >= 11 is 0. The molecule has 1 unspecified atom stereocenters. The minimum atomic E-state index is -1.14. The van der Waals surface area contributed by atoms with Gasteiger partial charge >= 0.3 is 0 Å². The molecule has 3 rings (SSSR count). The molecule has 0 spiro atoms. The Bertz CT molecular complexity index is 618. The second kappa shape index (κ2) is 7.52. The molecule has 1 N–H and O–H groups in total. The van der Waals surface area contributed by atoms with Gasteiger partial charge in [-0.05, 0) is 38.7 Å². The van der Waals surface area contributed by atoms with E-state index in [2.05, 4.69) is 16.5 Å². The molecule has 1 atom stereocenters. The van der Waals surface area contributed by atoms with Crippen molar-refractivity contribution in [1.82, 2.24) is 14.9 Å². The Morgan fingerprint density at radius 3 is 2.68 bits per heavy atom. The van der Waals surface area contributed by atoms with Crippen LogP contribution in [0.15, 0.2) is 24.9 Å². The summed E-state index contributed by atoms with van der Waals surface area (Å²) in [6, 6.07) is 1.99. The fourth-order valence-corrected chi connectivity index (χ4v) is 3.56. The third-order valence-corrected chi connectivity index (χ3v) is 5.25. The molecule has 1 aromatic heterocycles. The van der Waals surface area contributed by atoms with Crippen molar-refractivity contribution >= 4 is 11.7 Å². The van der Waals surface area contributed by atoms with Crippen LogP contribution in [0.2, 0.25) is 0 Å². The van der Waals surface area contributed by atoms with Crippen molar-refractivity contribution in [3.8, 4) is 0 Å². The van der Waals surface area contributed by atoms with Crippen molar-refractivity contribution in [2.75, 3.05) is 31.1 Å². The lowest BCUT2D eigenvalue weighted by Gasteiger charge is -2.33. The molecular weight excluding hydrogens is 316 g/mol. The van der Waals surface area contributed by atoms with Crippen LogP contribution in [-0.4, -0.2) is 57.7 Å². The first-order valence-corrected chi connectivity index (χ1v) is 9.20. The lowest BCUT2D eigenvalue weighted by atomic mass is 9.94. The van der Waals surface area contributed by atoms with E-state index in [1.165, 1.54) is 18.9 Å². The van der Waals surface area contributed by atoms with Gasteiger partial charge in [0.1, 0.15) is 11.6 Å². The van der Waals surface area contributed by atoms with Gasteiger partial charge in [-0.25, -0.2) is 9.97 Å². The molecule has 2 aliphatic rings. The van der Waals surface area contributed by atoms with Crippen LogP contribution >= 0.6 is 0 Å². The highest BCUT2D eigenvalue weighted by molar-refractivity contribution is 5.77. The summed E-state index contributed by atoms with van der Waals surface area (Å²) in [6.45, 7) is 8.72. The van der Waals surface area contributed by atoms with Gasteiger partial charge in [0.25, 0.3) is 0 Å². The van der Waals surface area contributed by atoms with E-state index in [9.17, 15) is 9.90 Å². The van der Waals surface area contributed by atoms with Crippen LogP contribution in [-0.2, 0) is 4.79 Å². The number of carbonyl (C=O) groups excluding carboxylic acids is 1. The lowest BCUT2D eigenvalue weighted by Crippen LogP contribution is -2.41. The summed E-state index contributed by atoms with van der Waals surface area (Å²) in [5, 5.41) is 10.00. The van der Waals surface area contributed by atoms with Crippen molar-refractivity contribution < 1.29 is 9.90 Å². The molecule has 0 radical (unpaired) electrons. The number of hydrogen-bond donors (Lipinski definition) is 1. The van der Waals surface area contributed by atoms with Gasteiger partial charge in [-0.3, -0.25) is 4.79 Å². The SMILES string of the molecule is C=CC(C)(O)CC(=O)N1CCC(c2nccc(N3CCCC3)n2)CC1. The van der Waals surface area contributed by atoms with Gasteiger partial charge in [0.05, 0.1) is 12.0 Å². The molecule has 2 fully saturated rings. The number of anilines is 1. The van der Waals surface area contributed by atoms with Gasteiger partial charge in [0.2, 0.25) is 5.91 Å². The highest BCUT2D eigenvalue weighted by Crippen LogP contribution is 2.28. The Balaban J connectivity index is 1.58. The zero-order valence-corrected chi connectivity index (χ0v) is 15.0. The Kier molecular flexibility index (Phi) is 5.37. The molecule has 6 nitrogen and oxygen atoms in total. The molecule has 3 heterocycles. The Labute approximate surface area is 149 Å². The van der Waals surface area contributed by atoms with E-state index in [4.69, 9.17) is 4.98 Å². The van der Waals surface area contributed by atoms with E-state index in [1.54, 1.807) is 6.92 Å². The topological polar surface area (TPSA) is 69.6 Å². The van der Waals surface area contributed by atoms with Crippen LogP contribution in [0.25, 0.3) is 0 Å². The number of nitrogens with zero attached hydrogens (tertiary/aromatic N) is 4. The number of carbonyl (C=O) groups is 1. The summed E-state index contributed by atoms with van der Waals surface area (Å²) in [5.74, 6) is 2.21. The molecule has 2 aliphatic heterocycles. The van der Waals surface area contributed by atoms with Gasteiger partial charge in [-0.2, -0.15) is 0 Å². The minimum Gasteiger partial charge on any atom is -0.386 e. The average molecular weight is 344 g/mol. The zero-order chi connectivity index (χ0) is 17.9. The van der Waals surface area contributed by atoms with E-state index in [-0.39, 0.29) is 12.3 Å². The van der Waals surface area contributed by atoms with Crippen LogP contribution in [0.3, 0.4) is 0 Å². The van der Waals surface area contributed by atoms with E-state index in [0.29, 0.717) is 19.0 Å². The van der Waals surface area contributed by atoms with E-state index in [0.717, 1.165) is 37.6 Å². The number of amides is 1. The van der Waals surface area contributed by atoms with Crippen molar-refractivity contribution in [1.29, 1.82) is 0 Å². The molecule has 1 amide bonds. The maximum atomic E-state index is 12.3. The molecule has 25 heavy (non-hydrogen) atoms. The summed E-state index contributed by atoms with van der Waals surface area (Å²) in [4.78, 5) is 25.7. The van der Waals surface area contributed by atoms with Gasteiger partial charge in [0.15, 0.2) is 0 Å². The quantitative estimate of drug-likeness (QED) is 0.829. The molecule has 0 saturated carbocycles. The van der Waals surface area contributed by atoms with Gasteiger partial charge in [-0.15, -0.1) is 6.58 Å². The van der Waals surface area contributed by atoms with Crippen molar-refractivity contribution in [3.05, 3.63) is 30.7 Å². The smallest absolute Gasteiger partial charge is 0.225 e. The number of aliphatic hydroxyl groups is 1. The number of aromatic nitrogens is 2. The summed E-state index contributed by atoms with van der Waals surface area (Å²) in [6.07, 6.45) is 7.56. The van der Waals surface area contributed by atoms with Crippen LogP contribution in [0.4, 0.5) is 5.82 Å². The second-order valence-electron chi connectivity index (χ2n) is 7.36. The third-order valence-electron chi connectivity index (χ3n) is 5.25. The van der Waals surface area contributed by atoms with Gasteiger partial charge in [0, 0.05) is 38.3 Å². The predicted molar refractivity (Wildman–Crippen MR) is 97.5 cm³/mol. The largest absolute Gasteiger partial charge is 0.386 e. The Morgan fingerprint density at radius 2 is 2.04 bits per heavy atom. The van der Waals surface area contributed by atoms with E-state index < -0.39 is 5.60 Å². The van der Waals surface area contributed by atoms with Crippen LogP contribution in [0.5, 0.6) is 0 Å². The highest BCUT2D eigenvalue weighted by Gasteiger charge is 2.29. The summed E-state index contributed by atoms with van der Waals surface area (Å²) in [7, 11) is 0. The molecule has 0 aromatic carbocycles. The Morgan fingerprint density at radius 1 is 1.36 bits per heavy atom. The summed E-state index contributed by atoms with van der Waals surface area (Å²) in [5.41, 5.74) is -1.14. The summed E-state index contributed by atoms with van der Waals surface area (Å²) < 4.78 is 0. The van der Waals surface area contributed by atoms with Crippen molar-refractivity contribution in [3.63, 3.8) is 0 Å². The number of hydrogen-bond acceptors (Lipinski definition) is 5. The third kappa shape index (κ3) is 4.37. The molecule has 6 heteroatoms. The fraction of sp³-hybridized carbons (Fsp3) is 0.632. The van der Waals surface area contributed by atoms with Gasteiger partial charge in [-0.1, -0.05) is 6.08 Å². The average Bonchev–Trinajstić information content (AvgIpc) is 3.16. The monoisotopic (exact) mass is 344 g/mol. The molecule has 0 aliphatic carbocycles. The number of piperidine rings is 1. The van der Waals surface area contributed by atoms with Crippen molar-refractivity contribution in [2.45, 2.75) is 50.5 Å². The van der Waals surface area contributed by atoms with E-state index in [1.807, 2.05) is 17.2 Å². The van der Waals surface area contributed by atoms with Crippen LogP contribution in [0, 0.1) is 0 Å². The standard InChI is InChI=1S/C19H28N4O2/c1-3-19(2,25)14-17(24)23-12-7-15(8-13-23)18-20-9-6-16(21-18)22-10-4-5-11-22/h3,6,9,15,25H,1,4-5,7-8,10-14H2,2H3. The molecule has 136 valence electrons. The van der Waals surface area contributed by atoms with Crippen LogP contribution < -0.4 is 4.90 Å². The Hall–Kier alpha value is -1.95. The minimum absolute atomic E-state index is 0.0184. The predicted octanol–water partition coefficient (Wildman–Crippen LogP) is 2.11. The first kappa shape index (κ1) is 17.9.